The first-order valence-corrected chi connectivity index (χ1v) is 8.65. The van der Waals surface area contributed by atoms with Gasteiger partial charge < -0.3 is 15.4 Å². The van der Waals surface area contributed by atoms with E-state index in [1.54, 1.807) is 0 Å². The van der Waals surface area contributed by atoms with Crippen LogP contribution >= 0.6 is 35.7 Å². The zero-order valence-corrected chi connectivity index (χ0v) is 16.5. The molecule has 1 saturated heterocycles. The number of nitrogens with zero attached hydrogens (tertiary/aromatic N) is 2. The third-order valence-corrected chi connectivity index (χ3v) is 4.18. The molecule has 4 nitrogen and oxygen atoms in total. The first-order valence-electron chi connectivity index (χ1n) is 7.49. The molecular weight excluding hydrogens is 409 g/mol. The summed E-state index contributed by atoms with van der Waals surface area (Å²) in [5, 5.41) is 0. The molecule has 0 bridgehead atoms. The van der Waals surface area contributed by atoms with E-state index in [1.807, 2.05) is 30.0 Å². The van der Waals surface area contributed by atoms with Crippen LogP contribution in [0.25, 0.3) is 0 Å². The number of guanidine groups is 1. The Balaban J connectivity index is 0.00000242. The summed E-state index contributed by atoms with van der Waals surface area (Å²) in [5.41, 5.74) is 7.20. The van der Waals surface area contributed by atoms with E-state index in [1.165, 1.54) is 0 Å². The predicted octanol–water partition coefficient (Wildman–Crippen LogP) is 3.20. The lowest BCUT2D eigenvalue weighted by Crippen LogP contribution is -2.42. The zero-order chi connectivity index (χ0) is 15.1. The first-order chi connectivity index (χ1) is 10.1. The molecule has 1 aromatic rings. The van der Waals surface area contributed by atoms with Crippen LogP contribution in [-0.4, -0.2) is 42.1 Å². The lowest BCUT2D eigenvalue weighted by Gasteiger charge is -2.27. The van der Waals surface area contributed by atoms with Crippen molar-refractivity contribution in [3.05, 3.63) is 29.8 Å². The number of hydrogen-bond acceptors (Lipinski definition) is 3. The van der Waals surface area contributed by atoms with Crippen LogP contribution in [-0.2, 0) is 6.54 Å². The van der Waals surface area contributed by atoms with Crippen LogP contribution < -0.4 is 10.5 Å². The average molecular weight is 435 g/mol. The fraction of sp³-hybridized carbons (Fsp3) is 0.562. The Morgan fingerprint density at radius 3 is 2.77 bits per heavy atom. The van der Waals surface area contributed by atoms with Crippen LogP contribution in [0.2, 0.25) is 0 Å². The molecule has 1 aromatic carbocycles. The van der Waals surface area contributed by atoms with Crippen molar-refractivity contribution >= 4 is 41.7 Å². The molecule has 22 heavy (non-hydrogen) atoms. The summed E-state index contributed by atoms with van der Waals surface area (Å²) < 4.78 is 5.74. The Kier molecular flexibility index (Phi) is 9.00. The Labute approximate surface area is 154 Å². The Morgan fingerprint density at radius 1 is 1.36 bits per heavy atom. The SMILES string of the molecule is CC(C)COc1cccc(CN=C(N)N2CCSCC2)c1.I. The standard InChI is InChI=1S/C16H25N3OS.HI/c1-13(2)12-20-15-5-3-4-14(10-15)11-18-16(17)19-6-8-21-9-7-19;/h3-5,10,13H,6-9,11-12H2,1-2H3,(H2,17,18);1H. The lowest BCUT2D eigenvalue weighted by molar-refractivity contribution is 0.271. The second-order valence-corrected chi connectivity index (χ2v) is 6.85. The third kappa shape index (κ3) is 6.64. The molecule has 2 N–H and O–H groups in total. The Morgan fingerprint density at radius 2 is 2.09 bits per heavy atom. The van der Waals surface area contributed by atoms with Crippen LogP contribution in [0.3, 0.4) is 0 Å². The fourth-order valence-corrected chi connectivity index (χ4v) is 2.96. The topological polar surface area (TPSA) is 50.9 Å². The number of hydrogen-bond donors (Lipinski definition) is 1. The van der Waals surface area contributed by atoms with Gasteiger partial charge in [0.25, 0.3) is 0 Å². The maximum atomic E-state index is 6.07. The predicted molar refractivity (Wildman–Crippen MR) is 106 cm³/mol. The highest BCUT2D eigenvalue weighted by Gasteiger charge is 2.11. The average Bonchev–Trinajstić information content (AvgIpc) is 2.52. The van der Waals surface area contributed by atoms with Crippen molar-refractivity contribution in [2.75, 3.05) is 31.2 Å². The van der Waals surface area contributed by atoms with Crippen molar-refractivity contribution in [2.45, 2.75) is 20.4 Å². The van der Waals surface area contributed by atoms with E-state index in [4.69, 9.17) is 10.5 Å². The van der Waals surface area contributed by atoms with E-state index < -0.39 is 0 Å². The van der Waals surface area contributed by atoms with Gasteiger partial charge in [-0.15, -0.1) is 24.0 Å². The van der Waals surface area contributed by atoms with Gasteiger partial charge in [-0.1, -0.05) is 26.0 Å². The molecular formula is C16H26IN3OS. The summed E-state index contributed by atoms with van der Waals surface area (Å²) in [6.07, 6.45) is 0. The summed E-state index contributed by atoms with van der Waals surface area (Å²) in [5.74, 6) is 4.36. The van der Waals surface area contributed by atoms with Crippen LogP contribution in [0.1, 0.15) is 19.4 Å². The third-order valence-electron chi connectivity index (χ3n) is 3.24. The molecule has 1 heterocycles. The molecule has 2 rings (SSSR count). The zero-order valence-electron chi connectivity index (χ0n) is 13.3. The normalized spacial score (nSPS) is 15.6. The van der Waals surface area contributed by atoms with Crippen molar-refractivity contribution in [3.8, 4) is 5.75 Å². The number of ether oxygens (including phenoxy) is 1. The number of thioether (sulfide) groups is 1. The van der Waals surface area contributed by atoms with E-state index in [0.717, 1.165) is 42.5 Å². The van der Waals surface area contributed by atoms with Gasteiger partial charge in [0.2, 0.25) is 0 Å². The molecule has 0 aliphatic carbocycles. The first kappa shape index (κ1) is 19.4. The second-order valence-electron chi connectivity index (χ2n) is 5.63. The van der Waals surface area contributed by atoms with Crippen molar-refractivity contribution in [1.82, 2.24) is 4.90 Å². The van der Waals surface area contributed by atoms with E-state index in [9.17, 15) is 0 Å². The molecule has 0 unspecified atom stereocenters. The van der Waals surface area contributed by atoms with E-state index in [-0.39, 0.29) is 24.0 Å². The van der Waals surface area contributed by atoms with Gasteiger partial charge in [-0.05, 0) is 23.6 Å². The lowest BCUT2D eigenvalue weighted by atomic mass is 10.2. The minimum Gasteiger partial charge on any atom is -0.493 e. The molecule has 0 atom stereocenters. The van der Waals surface area contributed by atoms with Crippen molar-refractivity contribution in [3.63, 3.8) is 0 Å². The minimum absolute atomic E-state index is 0. The molecule has 0 saturated carbocycles. The molecule has 124 valence electrons. The largest absolute Gasteiger partial charge is 0.493 e. The van der Waals surface area contributed by atoms with E-state index >= 15 is 0 Å². The van der Waals surface area contributed by atoms with E-state index in [0.29, 0.717) is 18.4 Å². The number of nitrogens with two attached hydrogens (primary N) is 1. The van der Waals surface area contributed by atoms with Crippen LogP contribution in [0.15, 0.2) is 29.3 Å². The molecule has 0 aromatic heterocycles. The smallest absolute Gasteiger partial charge is 0.191 e. The quantitative estimate of drug-likeness (QED) is 0.439. The van der Waals surface area contributed by atoms with Crippen molar-refractivity contribution < 1.29 is 4.74 Å². The van der Waals surface area contributed by atoms with Gasteiger partial charge in [-0.25, -0.2) is 4.99 Å². The van der Waals surface area contributed by atoms with Gasteiger partial charge in [-0.2, -0.15) is 11.8 Å². The van der Waals surface area contributed by atoms with E-state index in [2.05, 4.69) is 29.8 Å². The van der Waals surface area contributed by atoms with Crippen LogP contribution in [0.4, 0.5) is 0 Å². The maximum absolute atomic E-state index is 6.07. The summed E-state index contributed by atoms with van der Waals surface area (Å²) >= 11 is 1.97. The van der Waals surface area contributed by atoms with Crippen molar-refractivity contribution in [1.29, 1.82) is 0 Å². The fourth-order valence-electron chi connectivity index (χ4n) is 2.06. The Hall–Kier alpha value is -0.630. The molecule has 1 fully saturated rings. The molecule has 0 spiro atoms. The summed E-state index contributed by atoms with van der Waals surface area (Å²) in [6, 6.07) is 8.10. The van der Waals surface area contributed by atoms with Gasteiger partial charge in [-0.3, -0.25) is 0 Å². The second kappa shape index (κ2) is 10.2. The minimum atomic E-state index is 0. The molecule has 0 amide bonds. The number of rotatable bonds is 5. The monoisotopic (exact) mass is 435 g/mol. The maximum Gasteiger partial charge on any atom is 0.191 e. The molecule has 1 aliphatic rings. The number of halogens is 1. The van der Waals surface area contributed by atoms with Gasteiger partial charge in [0.1, 0.15) is 5.75 Å². The summed E-state index contributed by atoms with van der Waals surface area (Å²) in [6.45, 7) is 7.63. The van der Waals surface area contributed by atoms with Gasteiger partial charge >= 0.3 is 0 Å². The summed E-state index contributed by atoms with van der Waals surface area (Å²) in [4.78, 5) is 6.67. The number of aliphatic imine (C=N–C) groups is 1. The highest BCUT2D eigenvalue weighted by molar-refractivity contribution is 14.0. The van der Waals surface area contributed by atoms with Crippen LogP contribution in [0.5, 0.6) is 5.75 Å². The summed E-state index contributed by atoms with van der Waals surface area (Å²) in [7, 11) is 0. The Bertz CT molecular complexity index is 476. The molecule has 1 aliphatic heterocycles. The molecule has 0 radical (unpaired) electrons. The van der Waals surface area contributed by atoms with Gasteiger partial charge in [0, 0.05) is 24.6 Å². The van der Waals surface area contributed by atoms with Gasteiger partial charge in [0.15, 0.2) is 5.96 Å². The number of benzene rings is 1. The van der Waals surface area contributed by atoms with Crippen LogP contribution in [0, 0.1) is 5.92 Å². The van der Waals surface area contributed by atoms with Gasteiger partial charge in [0.05, 0.1) is 13.2 Å². The van der Waals surface area contributed by atoms with Crippen molar-refractivity contribution in [2.24, 2.45) is 16.6 Å². The highest BCUT2D eigenvalue weighted by Crippen LogP contribution is 2.15. The molecule has 6 heteroatoms. The highest BCUT2D eigenvalue weighted by atomic mass is 127.